The second-order valence-corrected chi connectivity index (χ2v) is 7.28. The maximum absolute atomic E-state index is 13.0. The molecule has 0 radical (unpaired) electrons. The number of nitrogens with zero attached hydrogens (tertiary/aromatic N) is 3. The van der Waals surface area contributed by atoms with Crippen LogP contribution in [0.15, 0.2) is 12.4 Å². The van der Waals surface area contributed by atoms with E-state index in [0.29, 0.717) is 29.9 Å². The summed E-state index contributed by atoms with van der Waals surface area (Å²) in [6, 6.07) is 1.19. The zero-order valence-corrected chi connectivity index (χ0v) is 14.9. The van der Waals surface area contributed by atoms with Crippen molar-refractivity contribution in [1.29, 1.82) is 0 Å². The maximum atomic E-state index is 13.0. The van der Waals surface area contributed by atoms with Crippen LogP contribution in [0.1, 0.15) is 39.5 Å². The highest BCUT2D eigenvalue weighted by molar-refractivity contribution is 5.30. The van der Waals surface area contributed by atoms with Crippen molar-refractivity contribution in [2.24, 2.45) is 11.8 Å². The lowest BCUT2D eigenvalue weighted by Crippen LogP contribution is -2.52. The second kappa shape index (κ2) is 7.74. The van der Waals surface area contributed by atoms with Crippen molar-refractivity contribution in [2.45, 2.75) is 57.7 Å². The molecule has 5 nitrogen and oxygen atoms in total. The smallest absolute Gasteiger partial charge is 0.225 e. The highest BCUT2D eigenvalue weighted by Crippen LogP contribution is 2.36. The summed E-state index contributed by atoms with van der Waals surface area (Å²) < 4.78 is 18.9. The van der Waals surface area contributed by atoms with Crippen molar-refractivity contribution in [1.82, 2.24) is 15.3 Å². The molecule has 2 aliphatic rings. The van der Waals surface area contributed by atoms with Crippen LogP contribution in [0.3, 0.4) is 0 Å². The van der Waals surface area contributed by atoms with Crippen LogP contribution in [-0.2, 0) is 4.74 Å². The summed E-state index contributed by atoms with van der Waals surface area (Å²) in [4.78, 5) is 10.4. The summed E-state index contributed by atoms with van der Waals surface area (Å²) in [7, 11) is 1.80. The molecule has 1 aromatic heterocycles. The predicted molar refractivity (Wildman–Crippen MR) is 92.5 cm³/mol. The Hall–Kier alpha value is -1.27. The summed E-state index contributed by atoms with van der Waals surface area (Å²) in [6.45, 7) is 6.24. The minimum absolute atomic E-state index is 0.181. The molecule has 3 rings (SSSR count). The lowest BCUT2D eigenvalue weighted by Gasteiger charge is -2.45. The number of hydrogen-bond donors (Lipinski definition) is 1. The monoisotopic (exact) mass is 336 g/mol. The number of nitrogens with one attached hydrogen (secondary N) is 1. The van der Waals surface area contributed by atoms with Crippen LogP contribution in [0.2, 0.25) is 0 Å². The van der Waals surface area contributed by atoms with Gasteiger partial charge in [0, 0.05) is 32.3 Å². The van der Waals surface area contributed by atoms with E-state index in [1.165, 1.54) is 31.7 Å². The van der Waals surface area contributed by atoms with Crippen LogP contribution in [-0.4, -0.2) is 48.4 Å². The number of halogens is 1. The van der Waals surface area contributed by atoms with Crippen LogP contribution < -0.4 is 10.2 Å². The average Bonchev–Trinajstić information content (AvgIpc) is 2.61. The van der Waals surface area contributed by atoms with E-state index in [9.17, 15) is 4.39 Å². The van der Waals surface area contributed by atoms with Gasteiger partial charge >= 0.3 is 0 Å². The van der Waals surface area contributed by atoms with Crippen molar-refractivity contribution in [2.75, 3.05) is 25.1 Å². The topological polar surface area (TPSA) is 50.3 Å². The molecule has 0 aromatic carbocycles. The molecule has 0 amide bonds. The third-order valence-electron chi connectivity index (χ3n) is 5.66. The number of anilines is 1. The van der Waals surface area contributed by atoms with Crippen LogP contribution >= 0.6 is 0 Å². The SMILES string of the molecule is CC[C@H]1C[C@H]([C@H]2CCN(c3ncc(F)cn3)C[C@H]2OC)C[C@@H](C)N1. The molecule has 5 atom stereocenters. The van der Waals surface area contributed by atoms with Crippen molar-refractivity contribution >= 4 is 5.95 Å². The first-order valence-corrected chi connectivity index (χ1v) is 9.12. The van der Waals surface area contributed by atoms with Crippen LogP contribution in [0.25, 0.3) is 0 Å². The van der Waals surface area contributed by atoms with Crippen molar-refractivity contribution in [3.8, 4) is 0 Å². The minimum atomic E-state index is -0.397. The first-order valence-electron chi connectivity index (χ1n) is 9.12. The summed E-state index contributed by atoms with van der Waals surface area (Å²) >= 11 is 0. The second-order valence-electron chi connectivity index (χ2n) is 7.28. The van der Waals surface area contributed by atoms with Crippen molar-refractivity contribution in [3.63, 3.8) is 0 Å². The normalized spacial score (nSPS) is 34.3. The molecular weight excluding hydrogens is 307 g/mol. The number of aromatic nitrogens is 2. The Morgan fingerprint density at radius 1 is 1.33 bits per heavy atom. The minimum Gasteiger partial charge on any atom is -0.379 e. The van der Waals surface area contributed by atoms with Crippen LogP contribution in [0.4, 0.5) is 10.3 Å². The van der Waals surface area contributed by atoms with Gasteiger partial charge in [-0.05, 0) is 44.4 Å². The fraction of sp³-hybridized carbons (Fsp3) is 0.778. The van der Waals surface area contributed by atoms with Gasteiger partial charge in [0.2, 0.25) is 5.95 Å². The Balaban J connectivity index is 1.67. The fourth-order valence-corrected chi connectivity index (χ4v) is 4.46. The first kappa shape index (κ1) is 17.5. The van der Waals surface area contributed by atoms with E-state index in [0.717, 1.165) is 19.5 Å². The highest BCUT2D eigenvalue weighted by atomic mass is 19.1. The van der Waals surface area contributed by atoms with E-state index < -0.39 is 5.82 Å². The van der Waals surface area contributed by atoms with Gasteiger partial charge in [0.15, 0.2) is 5.82 Å². The molecule has 6 heteroatoms. The Morgan fingerprint density at radius 2 is 2.08 bits per heavy atom. The molecule has 0 aliphatic carbocycles. The number of methoxy groups -OCH3 is 1. The van der Waals surface area contributed by atoms with Gasteiger partial charge in [-0.3, -0.25) is 0 Å². The molecule has 134 valence electrons. The number of ether oxygens (including phenoxy) is 1. The molecule has 0 bridgehead atoms. The highest BCUT2D eigenvalue weighted by Gasteiger charge is 2.38. The van der Waals surface area contributed by atoms with E-state index in [4.69, 9.17) is 4.74 Å². The van der Waals surface area contributed by atoms with Crippen molar-refractivity contribution < 1.29 is 9.13 Å². The molecule has 2 fully saturated rings. The van der Waals surface area contributed by atoms with Gasteiger partial charge in [-0.15, -0.1) is 0 Å². The van der Waals surface area contributed by atoms with E-state index >= 15 is 0 Å². The molecule has 1 aromatic rings. The van der Waals surface area contributed by atoms with E-state index in [2.05, 4.69) is 34.0 Å². The molecule has 2 saturated heterocycles. The van der Waals surface area contributed by atoms with Gasteiger partial charge in [-0.25, -0.2) is 14.4 Å². The van der Waals surface area contributed by atoms with Gasteiger partial charge in [0.25, 0.3) is 0 Å². The van der Waals surface area contributed by atoms with E-state index in [1.54, 1.807) is 7.11 Å². The number of rotatable bonds is 4. The summed E-state index contributed by atoms with van der Waals surface area (Å²) in [6.07, 6.45) is 7.35. The quantitative estimate of drug-likeness (QED) is 0.916. The first-order chi connectivity index (χ1) is 11.6. The molecule has 0 saturated carbocycles. The molecular formula is C18H29FN4O. The third kappa shape index (κ3) is 3.86. The van der Waals surface area contributed by atoms with Crippen molar-refractivity contribution in [3.05, 3.63) is 18.2 Å². The Kier molecular flexibility index (Phi) is 5.66. The summed E-state index contributed by atoms with van der Waals surface area (Å²) in [5, 5.41) is 3.70. The largest absolute Gasteiger partial charge is 0.379 e. The third-order valence-corrected chi connectivity index (χ3v) is 5.66. The molecule has 0 unspecified atom stereocenters. The van der Waals surface area contributed by atoms with Gasteiger partial charge in [0.05, 0.1) is 18.5 Å². The molecule has 3 heterocycles. The van der Waals surface area contributed by atoms with E-state index in [1.807, 2.05) is 0 Å². The van der Waals surface area contributed by atoms with Crippen LogP contribution in [0, 0.1) is 17.7 Å². The Morgan fingerprint density at radius 3 is 2.75 bits per heavy atom. The molecule has 24 heavy (non-hydrogen) atoms. The van der Waals surface area contributed by atoms with Gasteiger partial charge in [-0.2, -0.15) is 0 Å². The van der Waals surface area contributed by atoms with Gasteiger partial charge < -0.3 is 15.0 Å². The van der Waals surface area contributed by atoms with E-state index in [-0.39, 0.29) is 6.10 Å². The Bertz CT molecular complexity index is 526. The molecule has 1 N–H and O–H groups in total. The average molecular weight is 336 g/mol. The standard InChI is InChI=1S/C18H29FN4O/c1-4-15-8-13(7-12(2)22-15)16-5-6-23(11-17(16)24-3)18-20-9-14(19)10-21-18/h9-10,12-13,15-17,22H,4-8,11H2,1-3H3/t12-,13-,15+,16-,17-/m1/s1. The summed E-state index contributed by atoms with van der Waals surface area (Å²) in [5.74, 6) is 1.48. The predicted octanol–water partition coefficient (Wildman–Crippen LogP) is 2.62. The Labute approximate surface area is 144 Å². The molecule has 0 spiro atoms. The van der Waals surface area contributed by atoms with Gasteiger partial charge in [-0.1, -0.05) is 6.92 Å². The maximum Gasteiger partial charge on any atom is 0.225 e. The zero-order valence-electron chi connectivity index (χ0n) is 14.9. The zero-order chi connectivity index (χ0) is 17.1. The molecule has 2 aliphatic heterocycles. The lowest BCUT2D eigenvalue weighted by atomic mass is 9.73. The summed E-state index contributed by atoms with van der Waals surface area (Å²) in [5.41, 5.74) is 0. The number of piperidine rings is 2. The fourth-order valence-electron chi connectivity index (χ4n) is 4.46. The lowest BCUT2D eigenvalue weighted by molar-refractivity contribution is 0.00117. The van der Waals surface area contributed by atoms with Gasteiger partial charge in [0.1, 0.15) is 0 Å². The number of hydrogen-bond acceptors (Lipinski definition) is 5. The van der Waals surface area contributed by atoms with Crippen LogP contribution in [0.5, 0.6) is 0 Å².